The van der Waals surface area contributed by atoms with Crippen LogP contribution < -0.4 is 0 Å². The number of hydrogen-bond acceptors (Lipinski definition) is 5. The van der Waals surface area contributed by atoms with E-state index >= 15 is 0 Å². The van der Waals surface area contributed by atoms with Crippen molar-refractivity contribution in [3.05, 3.63) is 108 Å². The first-order chi connectivity index (χ1) is 16.3. The molecule has 1 heterocycles. The van der Waals surface area contributed by atoms with Crippen LogP contribution in [0.15, 0.2) is 91.0 Å². The Morgan fingerprint density at radius 3 is 1.64 bits per heavy atom. The van der Waals surface area contributed by atoms with Gasteiger partial charge in [-0.05, 0) is 16.7 Å². The lowest BCUT2D eigenvalue weighted by atomic mass is 9.82. The van der Waals surface area contributed by atoms with E-state index in [4.69, 9.17) is 18.9 Å². The van der Waals surface area contributed by atoms with E-state index < -0.39 is 12.2 Å². The monoisotopic (exact) mass is 446 g/mol. The standard InChI is InChI=1S/C28H30O5/c29-24-27(32-18-22-14-8-3-9-15-22)25(31-17-21-12-6-2-7-13-21)23(26-28(24)33-26)19-30-16-20-10-4-1-5-11-20/h1-15,23-29H,16-19H2/t23-,24+,25-,26+,27-,28-/m1/s1. The fourth-order valence-corrected chi connectivity index (χ4v) is 4.59. The molecule has 5 rings (SSSR count). The van der Waals surface area contributed by atoms with Crippen LogP contribution >= 0.6 is 0 Å². The van der Waals surface area contributed by atoms with Gasteiger partial charge in [0.05, 0.1) is 38.6 Å². The molecule has 3 aromatic carbocycles. The van der Waals surface area contributed by atoms with Crippen molar-refractivity contribution in [3.63, 3.8) is 0 Å². The molecular weight excluding hydrogens is 416 g/mol. The predicted octanol–water partition coefficient (Wildman–Crippen LogP) is 4.13. The van der Waals surface area contributed by atoms with Gasteiger partial charge in [-0.15, -0.1) is 0 Å². The van der Waals surface area contributed by atoms with Gasteiger partial charge < -0.3 is 24.1 Å². The van der Waals surface area contributed by atoms with E-state index in [1.54, 1.807) is 0 Å². The molecule has 0 bridgehead atoms. The van der Waals surface area contributed by atoms with Crippen LogP contribution in [0.3, 0.4) is 0 Å². The minimum atomic E-state index is -0.732. The summed E-state index contributed by atoms with van der Waals surface area (Å²) >= 11 is 0. The molecule has 0 spiro atoms. The molecule has 172 valence electrons. The molecule has 6 atom stereocenters. The number of rotatable bonds is 10. The van der Waals surface area contributed by atoms with Gasteiger partial charge in [-0.3, -0.25) is 0 Å². The highest BCUT2D eigenvalue weighted by atomic mass is 16.6. The first-order valence-electron chi connectivity index (χ1n) is 11.6. The smallest absolute Gasteiger partial charge is 0.113 e. The highest BCUT2D eigenvalue weighted by Crippen LogP contribution is 2.44. The average molecular weight is 447 g/mol. The Morgan fingerprint density at radius 2 is 1.09 bits per heavy atom. The predicted molar refractivity (Wildman–Crippen MR) is 124 cm³/mol. The van der Waals surface area contributed by atoms with E-state index in [2.05, 4.69) is 12.1 Å². The van der Waals surface area contributed by atoms with Crippen molar-refractivity contribution in [2.45, 2.75) is 50.3 Å². The molecule has 0 aromatic heterocycles. The lowest BCUT2D eigenvalue weighted by Gasteiger charge is -2.38. The van der Waals surface area contributed by atoms with Crippen LogP contribution in [0.2, 0.25) is 0 Å². The summed E-state index contributed by atoms with van der Waals surface area (Å²) in [5.74, 6) is -0.0217. The van der Waals surface area contributed by atoms with Crippen LogP contribution in [0.4, 0.5) is 0 Å². The zero-order valence-electron chi connectivity index (χ0n) is 18.5. The molecule has 33 heavy (non-hydrogen) atoms. The van der Waals surface area contributed by atoms with Crippen molar-refractivity contribution < 1.29 is 24.1 Å². The summed E-state index contributed by atoms with van der Waals surface area (Å²) in [5, 5.41) is 11.0. The third-order valence-corrected chi connectivity index (χ3v) is 6.39. The maximum Gasteiger partial charge on any atom is 0.113 e. The van der Waals surface area contributed by atoms with Crippen molar-refractivity contribution in [1.29, 1.82) is 0 Å². The Labute approximate surface area is 194 Å². The van der Waals surface area contributed by atoms with Crippen LogP contribution in [0.5, 0.6) is 0 Å². The van der Waals surface area contributed by atoms with Crippen LogP contribution in [0, 0.1) is 5.92 Å². The second kappa shape index (κ2) is 10.6. The maximum atomic E-state index is 11.0. The summed E-state index contributed by atoms with van der Waals surface area (Å²) in [4.78, 5) is 0. The lowest BCUT2D eigenvalue weighted by molar-refractivity contribution is -0.170. The highest BCUT2D eigenvalue weighted by Gasteiger charge is 2.61. The Kier molecular flexibility index (Phi) is 7.15. The summed E-state index contributed by atoms with van der Waals surface area (Å²) in [5.41, 5.74) is 3.26. The van der Waals surface area contributed by atoms with Gasteiger partial charge in [0.15, 0.2) is 0 Å². The van der Waals surface area contributed by atoms with Crippen LogP contribution in [-0.4, -0.2) is 42.2 Å². The molecule has 0 unspecified atom stereocenters. The minimum Gasteiger partial charge on any atom is -0.387 e. The van der Waals surface area contributed by atoms with Crippen LogP contribution in [0.25, 0.3) is 0 Å². The van der Waals surface area contributed by atoms with Crippen molar-refractivity contribution in [1.82, 2.24) is 0 Å². The molecular formula is C28H30O5. The van der Waals surface area contributed by atoms with Crippen molar-refractivity contribution in [2.24, 2.45) is 5.92 Å². The summed E-state index contributed by atoms with van der Waals surface area (Å²) in [7, 11) is 0. The summed E-state index contributed by atoms with van der Waals surface area (Å²) in [6.45, 7) is 1.85. The number of epoxide rings is 1. The molecule has 1 aliphatic heterocycles. The van der Waals surface area contributed by atoms with E-state index in [9.17, 15) is 5.11 Å². The van der Waals surface area contributed by atoms with Gasteiger partial charge in [0, 0.05) is 5.92 Å². The number of ether oxygens (including phenoxy) is 4. The first kappa shape index (κ1) is 22.3. The van der Waals surface area contributed by atoms with Gasteiger partial charge in [0.2, 0.25) is 0 Å². The van der Waals surface area contributed by atoms with Gasteiger partial charge >= 0.3 is 0 Å². The molecule has 1 saturated carbocycles. The second-order valence-electron chi connectivity index (χ2n) is 8.74. The fourth-order valence-electron chi connectivity index (χ4n) is 4.59. The van der Waals surface area contributed by atoms with E-state index in [1.807, 2.05) is 78.9 Å². The number of hydrogen-bond donors (Lipinski definition) is 1. The van der Waals surface area contributed by atoms with Crippen molar-refractivity contribution >= 4 is 0 Å². The van der Waals surface area contributed by atoms with Gasteiger partial charge in [-0.2, -0.15) is 0 Å². The zero-order valence-corrected chi connectivity index (χ0v) is 18.5. The Bertz CT molecular complexity index is 981. The van der Waals surface area contributed by atoms with Gasteiger partial charge in [-0.25, -0.2) is 0 Å². The zero-order chi connectivity index (χ0) is 22.5. The van der Waals surface area contributed by atoms with Gasteiger partial charge in [0.1, 0.15) is 18.3 Å². The fraction of sp³-hybridized carbons (Fsp3) is 0.357. The first-order valence-corrected chi connectivity index (χ1v) is 11.6. The molecule has 1 N–H and O–H groups in total. The largest absolute Gasteiger partial charge is 0.387 e. The number of aliphatic hydroxyl groups excluding tert-OH is 1. The molecule has 0 amide bonds. The van der Waals surface area contributed by atoms with Crippen LogP contribution in [0.1, 0.15) is 16.7 Å². The maximum absolute atomic E-state index is 11.0. The van der Waals surface area contributed by atoms with E-state index in [0.717, 1.165) is 16.7 Å². The highest BCUT2D eigenvalue weighted by molar-refractivity contribution is 5.16. The SMILES string of the molecule is O[C@H]1[C@@H](OCc2ccccc2)[C@H](OCc2ccccc2)[C@@H](COCc2ccccc2)[C@@H]2O[C@H]12. The van der Waals surface area contributed by atoms with Gasteiger partial charge in [0.25, 0.3) is 0 Å². The normalized spacial score (nSPS) is 28.3. The van der Waals surface area contributed by atoms with E-state index in [0.29, 0.717) is 26.4 Å². The summed E-state index contributed by atoms with van der Waals surface area (Å²) in [6, 6.07) is 30.2. The molecule has 2 fully saturated rings. The number of fused-ring (bicyclic) bond motifs is 1. The molecule has 1 saturated heterocycles. The molecule has 1 aliphatic carbocycles. The molecule has 3 aromatic rings. The lowest BCUT2D eigenvalue weighted by Crippen LogP contribution is -2.54. The second-order valence-corrected chi connectivity index (χ2v) is 8.74. The molecule has 5 nitrogen and oxygen atoms in total. The van der Waals surface area contributed by atoms with Gasteiger partial charge in [-0.1, -0.05) is 91.0 Å². The quantitative estimate of drug-likeness (QED) is 0.475. The van der Waals surface area contributed by atoms with E-state index in [1.165, 1.54) is 0 Å². The third-order valence-electron chi connectivity index (χ3n) is 6.39. The molecule has 0 radical (unpaired) electrons. The molecule has 2 aliphatic rings. The minimum absolute atomic E-state index is 0.0217. The summed E-state index contributed by atoms with van der Waals surface area (Å²) in [6.07, 6.45) is -1.88. The molecule has 5 heteroatoms. The Hall–Kier alpha value is -2.54. The number of aliphatic hydroxyl groups is 1. The van der Waals surface area contributed by atoms with Crippen molar-refractivity contribution in [3.8, 4) is 0 Å². The van der Waals surface area contributed by atoms with E-state index in [-0.39, 0.29) is 24.2 Å². The third kappa shape index (κ3) is 5.52. The van der Waals surface area contributed by atoms with Crippen LogP contribution in [-0.2, 0) is 38.8 Å². The van der Waals surface area contributed by atoms with Crippen molar-refractivity contribution in [2.75, 3.05) is 6.61 Å². The topological polar surface area (TPSA) is 60.5 Å². The summed E-state index contributed by atoms with van der Waals surface area (Å²) < 4.78 is 24.6. The Morgan fingerprint density at radius 1 is 0.606 bits per heavy atom. The number of benzene rings is 3. The Balaban J connectivity index is 1.29. The average Bonchev–Trinajstić information content (AvgIpc) is 3.67.